The predicted molar refractivity (Wildman–Crippen MR) is 67.3 cm³/mol. The molecule has 2 rings (SSSR count). The van der Waals surface area contributed by atoms with Crippen molar-refractivity contribution >= 4 is 5.69 Å². The second kappa shape index (κ2) is 4.14. The van der Waals surface area contributed by atoms with Crippen molar-refractivity contribution in [2.75, 3.05) is 0 Å². The number of benzene rings is 1. The summed E-state index contributed by atoms with van der Waals surface area (Å²) < 4.78 is 1.52. The summed E-state index contributed by atoms with van der Waals surface area (Å²) in [6, 6.07) is 4.45. The Hall–Kier alpha value is -2.37. The zero-order chi connectivity index (χ0) is 13.4. The number of aromatic nitrogens is 2. The van der Waals surface area contributed by atoms with Crippen LogP contribution in [-0.2, 0) is 0 Å². The van der Waals surface area contributed by atoms with E-state index < -0.39 is 4.92 Å². The fourth-order valence-corrected chi connectivity index (χ4v) is 1.92. The maximum atomic E-state index is 11.8. The highest BCUT2D eigenvalue weighted by molar-refractivity contribution is 5.48. The SMILES string of the molecule is Cc1cc([N+](=O)[O-])ccc1-n1c(C)c(C)[nH]c1=O. The molecular formula is C12H13N3O3. The van der Waals surface area contributed by atoms with Crippen molar-refractivity contribution in [3.8, 4) is 5.69 Å². The van der Waals surface area contributed by atoms with Gasteiger partial charge in [-0.1, -0.05) is 0 Å². The number of imidazole rings is 1. The Kier molecular flexibility index (Phi) is 2.78. The van der Waals surface area contributed by atoms with E-state index in [1.807, 2.05) is 13.8 Å². The Labute approximate surface area is 103 Å². The Balaban J connectivity index is 2.65. The first-order chi connectivity index (χ1) is 8.41. The molecule has 0 spiro atoms. The summed E-state index contributed by atoms with van der Waals surface area (Å²) in [6.07, 6.45) is 0. The fraction of sp³-hybridized carbons (Fsp3) is 0.250. The number of nitro groups is 1. The number of hydrogen-bond acceptors (Lipinski definition) is 3. The highest BCUT2D eigenvalue weighted by atomic mass is 16.6. The Morgan fingerprint density at radius 2 is 1.94 bits per heavy atom. The van der Waals surface area contributed by atoms with Crippen molar-refractivity contribution < 1.29 is 4.92 Å². The van der Waals surface area contributed by atoms with Crippen LogP contribution >= 0.6 is 0 Å². The highest BCUT2D eigenvalue weighted by Crippen LogP contribution is 2.20. The number of nitrogens with zero attached hydrogens (tertiary/aromatic N) is 2. The summed E-state index contributed by atoms with van der Waals surface area (Å²) in [5.41, 5.74) is 2.73. The van der Waals surface area contributed by atoms with Crippen LogP contribution < -0.4 is 5.69 Å². The van der Waals surface area contributed by atoms with Gasteiger partial charge in [-0.3, -0.25) is 14.7 Å². The van der Waals surface area contributed by atoms with Crippen LogP contribution in [0.1, 0.15) is 17.0 Å². The van der Waals surface area contributed by atoms with Crippen LogP contribution in [0.3, 0.4) is 0 Å². The van der Waals surface area contributed by atoms with Crippen molar-refractivity contribution in [1.82, 2.24) is 9.55 Å². The minimum absolute atomic E-state index is 0.0224. The van der Waals surface area contributed by atoms with Crippen LogP contribution in [0.15, 0.2) is 23.0 Å². The molecule has 6 heteroatoms. The first-order valence-corrected chi connectivity index (χ1v) is 5.45. The first-order valence-electron chi connectivity index (χ1n) is 5.45. The molecule has 18 heavy (non-hydrogen) atoms. The quantitative estimate of drug-likeness (QED) is 0.651. The molecule has 0 aliphatic carbocycles. The highest BCUT2D eigenvalue weighted by Gasteiger charge is 2.13. The minimum atomic E-state index is -0.450. The lowest BCUT2D eigenvalue weighted by Gasteiger charge is -2.07. The van der Waals surface area contributed by atoms with Gasteiger partial charge in [0, 0.05) is 23.5 Å². The van der Waals surface area contributed by atoms with E-state index in [1.165, 1.54) is 16.7 Å². The Bertz CT molecular complexity index is 682. The lowest BCUT2D eigenvalue weighted by atomic mass is 10.1. The van der Waals surface area contributed by atoms with Crippen LogP contribution in [0.4, 0.5) is 5.69 Å². The van der Waals surface area contributed by atoms with Crippen molar-refractivity contribution in [3.63, 3.8) is 0 Å². The van der Waals surface area contributed by atoms with Gasteiger partial charge < -0.3 is 4.98 Å². The number of nitro benzene ring substituents is 1. The summed E-state index contributed by atoms with van der Waals surface area (Å²) in [6.45, 7) is 5.39. The van der Waals surface area contributed by atoms with Crippen LogP contribution in [0, 0.1) is 30.9 Å². The van der Waals surface area contributed by atoms with Crippen molar-refractivity contribution in [3.05, 3.63) is 55.7 Å². The fourth-order valence-electron chi connectivity index (χ4n) is 1.92. The molecule has 1 heterocycles. The second-order valence-electron chi connectivity index (χ2n) is 4.20. The maximum absolute atomic E-state index is 11.8. The predicted octanol–water partition coefficient (Wildman–Crippen LogP) is 2.00. The van der Waals surface area contributed by atoms with Gasteiger partial charge in [0.1, 0.15) is 0 Å². The minimum Gasteiger partial charge on any atom is -0.310 e. The molecule has 1 aromatic carbocycles. The molecule has 0 bridgehead atoms. The smallest absolute Gasteiger partial charge is 0.310 e. The monoisotopic (exact) mass is 247 g/mol. The third-order valence-electron chi connectivity index (χ3n) is 3.01. The number of aryl methyl sites for hydroxylation is 2. The Morgan fingerprint density at radius 3 is 2.39 bits per heavy atom. The van der Waals surface area contributed by atoms with Gasteiger partial charge in [0.25, 0.3) is 5.69 Å². The van der Waals surface area contributed by atoms with Crippen molar-refractivity contribution in [1.29, 1.82) is 0 Å². The van der Waals surface area contributed by atoms with Crippen LogP contribution in [-0.4, -0.2) is 14.5 Å². The summed E-state index contributed by atoms with van der Waals surface area (Å²) in [7, 11) is 0. The van der Waals surface area contributed by atoms with Gasteiger partial charge in [-0.2, -0.15) is 0 Å². The van der Waals surface area contributed by atoms with Gasteiger partial charge in [-0.05, 0) is 32.4 Å². The standard InChI is InChI=1S/C12H13N3O3/c1-7-6-10(15(17)18)4-5-11(7)14-9(3)8(2)13-12(14)16/h4-6H,1-3H3,(H,13,16). The molecule has 2 aromatic rings. The topological polar surface area (TPSA) is 80.9 Å². The molecule has 1 aromatic heterocycles. The van der Waals surface area contributed by atoms with E-state index in [0.29, 0.717) is 11.3 Å². The lowest BCUT2D eigenvalue weighted by molar-refractivity contribution is -0.384. The lowest BCUT2D eigenvalue weighted by Crippen LogP contribution is -2.16. The molecule has 0 atom stereocenters. The normalized spacial score (nSPS) is 10.6. The molecule has 94 valence electrons. The van der Waals surface area contributed by atoms with Crippen molar-refractivity contribution in [2.45, 2.75) is 20.8 Å². The average molecular weight is 247 g/mol. The van der Waals surface area contributed by atoms with E-state index in [4.69, 9.17) is 0 Å². The summed E-state index contributed by atoms with van der Waals surface area (Å²) in [5.74, 6) is 0. The van der Waals surface area contributed by atoms with E-state index in [0.717, 1.165) is 11.4 Å². The van der Waals surface area contributed by atoms with Crippen LogP contribution in [0.25, 0.3) is 5.69 Å². The summed E-state index contributed by atoms with van der Waals surface area (Å²) in [4.78, 5) is 24.7. The average Bonchev–Trinajstić information content (AvgIpc) is 2.54. The zero-order valence-corrected chi connectivity index (χ0v) is 10.4. The first kappa shape index (κ1) is 12.1. The second-order valence-corrected chi connectivity index (χ2v) is 4.20. The van der Waals surface area contributed by atoms with Crippen LogP contribution in [0.2, 0.25) is 0 Å². The number of hydrogen-bond donors (Lipinski definition) is 1. The maximum Gasteiger partial charge on any atom is 0.330 e. The van der Waals surface area contributed by atoms with E-state index in [-0.39, 0.29) is 11.4 Å². The van der Waals surface area contributed by atoms with Gasteiger partial charge in [0.15, 0.2) is 0 Å². The van der Waals surface area contributed by atoms with Gasteiger partial charge in [-0.25, -0.2) is 4.79 Å². The molecular weight excluding hydrogens is 234 g/mol. The molecule has 0 aliphatic heterocycles. The number of aromatic amines is 1. The number of nitrogens with one attached hydrogen (secondary N) is 1. The molecule has 6 nitrogen and oxygen atoms in total. The molecule has 0 saturated heterocycles. The number of rotatable bonds is 2. The van der Waals surface area contributed by atoms with Crippen molar-refractivity contribution in [2.24, 2.45) is 0 Å². The summed E-state index contributed by atoms with van der Waals surface area (Å²) in [5, 5.41) is 10.7. The van der Waals surface area contributed by atoms with Crippen LogP contribution in [0.5, 0.6) is 0 Å². The molecule has 0 radical (unpaired) electrons. The molecule has 0 amide bonds. The third kappa shape index (κ3) is 1.81. The van der Waals surface area contributed by atoms with Gasteiger partial charge in [0.05, 0.1) is 10.6 Å². The van der Waals surface area contributed by atoms with Gasteiger partial charge in [-0.15, -0.1) is 0 Å². The van der Waals surface area contributed by atoms with E-state index in [2.05, 4.69) is 4.98 Å². The molecule has 1 N–H and O–H groups in total. The largest absolute Gasteiger partial charge is 0.330 e. The third-order valence-corrected chi connectivity index (χ3v) is 3.01. The summed E-state index contributed by atoms with van der Waals surface area (Å²) >= 11 is 0. The van der Waals surface area contributed by atoms with E-state index in [1.54, 1.807) is 13.0 Å². The molecule has 0 fully saturated rings. The number of H-pyrrole nitrogens is 1. The molecule has 0 aliphatic rings. The molecule has 0 unspecified atom stereocenters. The Morgan fingerprint density at radius 1 is 1.28 bits per heavy atom. The number of non-ortho nitro benzene ring substituents is 1. The van der Waals surface area contributed by atoms with E-state index >= 15 is 0 Å². The molecule has 0 saturated carbocycles. The van der Waals surface area contributed by atoms with E-state index in [9.17, 15) is 14.9 Å². The van der Waals surface area contributed by atoms with Gasteiger partial charge in [0.2, 0.25) is 0 Å². The zero-order valence-electron chi connectivity index (χ0n) is 10.4. The van der Waals surface area contributed by atoms with Gasteiger partial charge >= 0.3 is 5.69 Å².